The van der Waals surface area contributed by atoms with Gasteiger partial charge in [0.1, 0.15) is 5.03 Å². The lowest BCUT2D eigenvalue weighted by Crippen LogP contribution is -2.42. The highest BCUT2D eigenvalue weighted by Gasteiger charge is 2.27. The van der Waals surface area contributed by atoms with Crippen LogP contribution in [0.2, 0.25) is 0 Å². The number of hydrogen-bond donors (Lipinski definition) is 1. The number of anilines is 1. The summed E-state index contributed by atoms with van der Waals surface area (Å²) in [6.45, 7) is 3.10. The molecule has 0 saturated carbocycles. The summed E-state index contributed by atoms with van der Waals surface area (Å²) in [6, 6.07) is 10.2. The second-order valence-corrected chi connectivity index (χ2v) is 8.30. The van der Waals surface area contributed by atoms with Crippen molar-refractivity contribution in [3.63, 3.8) is 0 Å². The van der Waals surface area contributed by atoms with Crippen LogP contribution in [-0.2, 0) is 9.53 Å². The van der Waals surface area contributed by atoms with Gasteiger partial charge in [0, 0.05) is 49.4 Å². The molecule has 28 heavy (non-hydrogen) atoms. The molecule has 0 unspecified atom stereocenters. The predicted octanol–water partition coefficient (Wildman–Crippen LogP) is 3.14. The van der Waals surface area contributed by atoms with E-state index in [1.54, 1.807) is 24.2 Å². The minimum Gasteiger partial charge on any atom is -0.376 e. The summed E-state index contributed by atoms with van der Waals surface area (Å²) in [7, 11) is 0. The molecule has 6 nitrogen and oxygen atoms in total. The van der Waals surface area contributed by atoms with Crippen LogP contribution in [0.4, 0.5) is 5.82 Å². The maximum atomic E-state index is 12.5. The predicted molar refractivity (Wildman–Crippen MR) is 110 cm³/mol. The molecule has 148 valence electrons. The molecule has 7 heteroatoms. The summed E-state index contributed by atoms with van der Waals surface area (Å²) in [4.78, 5) is 25.0. The van der Waals surface area contributed by atoms with Gasteiger partial charge in [0.25, 0.3) is 0 Å². The minimum atomic E-state index is 0.0690. The van der Waals surface area contributed by atoms with E-state index >= 15 is 0 Å². The van der Waals surface area contributed by atoms with Gasteiger partial charge < -0.3 is 15.0 Å². The molecular weight excluding hydrogens is 372 g/mol. The van der Waals surface area contributed by atoms with Crippen molar-refractivity contribution in [2.45, 2.75) is 41.7 Å². The van der Waals surface area contributed by atoms with E-state index in [2.05, 4.69) is 32.3 Å². The zero-order valence-electron chi connectivity index (χ0n) is 15.9. The van der Waals surface area contributed by atoms with Crippen LogP contribution in [0.25, 0.3) is 0 Å². The maximum Gasteiger partial charge on any atom is 0.223 e. The van der Waals surface area contributed by atoms with Crippen LogP contribution in [0.15, 0.2) is 52.6 Å². The molecule has 1 aromatic heterocycles. The fourth-order valence-corrected chi connectivity index (χ4v) is 4.63. The lowest BCUT2D eigenvalue weighted by Gasteiger charge is -2.32. The first kappa shape index (κ1) is 19.2. The van der Waals surface area contributed by atoms with Crippen molar-refractivity contribution in [2.24, 2.45) is 5.92 Å². The summed E-state index contributed by atoms with van der Waals surface area (Å²) in [5.41, 5.74) is 0. The average molecular weight is 399 g/mol. The van der Waals surface area contributed by atoms with Crippen molar-refractivity contribution in [1.82, 2.24) is 15.3 Å². The maximum absolute atomic E-state index is 12.5. The molecule has 1 amide bonds. The molecule has 4 rings (SSSR count). The second-order valence-electron chi connectivity index (χ2n) is 7.24. The van der Waals surface area contributed by atoms with Crippen molar-refractivity contribution in [1.29, 1.82) is 0 Å². The highest BCUT2D eigenvalue weighted by Crippen LogP contribution is 2.33. The highest BCUT2D eigenvalue weighted by molar-refractivity contribution is 7.99. The first-order valence-corrected chi connectivity index (χ1v) is 10.8. The van der Waals surface area contributed by atoms with E-state index in [1.165, 1.54) is 0 Å². The standard InChI is InChI=1S/C21H26N4O2S/c26-20(24-15-17-5-4-14-27-17)16-8-12-25(13-9-16)19-21(23-11-10-22-19)28-18-6-2-1-3-7-18/h1-3,6-7,10-11,16-17H,4-5,8-9,12-15H2,(H,24,26)/t17-/m0/s1. The Hall–Kier alpha value is -2.12. The summed E-state index contributed by atoms with van der Waals surface area (Å²) < 4.78 is 5.59. The molecule has 1 N–H and O–H groups in total. The van der Waals surface area contributed by atoms with Gasteiger partial charge in [-0.3, -0.25) is 4.79 Å². The Morgan fingerprint density at radius 3 is 2.68 bits per heavy atom. The van der Waals surface area contributed by atoms with Gasteiger partial charge >= 0.3 is 0 Å². The molecule has 2 saturated heterocycles. The van der Waals surface area contributed by atoms with Gasteiger partial charge in [0.2, 0.25) is 5.91 Å². The number of rotatable bonds is 6. The number of nitrogens with one attached hydrogen (secondary N) is 1. The third kappa shape index (κ3) is 4.83. The van der Waals surface area contributed by atoms with Crippen LogP contribution in [0.5, 0.6) is 0 Å². The zero-order valence-corrected chi connectivity index (χ0v) is 16.7. The molecule has 0 radical (unpaired) electrons. The highest BCUT2D eigenvalue weighted by atomic mass is 32.2. The lowest BCUT2D eigenvalue weighted by molar-refractivity contribution is -0.126. The molecule has 2 fully saturated rings. The topological polar surface area (TPSA) is 67.3 Å². The Morgan fingerprint density at radius 1 is 1.14 bits per heavy atom. The Balaban J connectivity index is 1.33. The van der Waals surface area contributed by atoms with Gasteiger partial charge in [0.05, 0.1) is 6.10 Å². The molecule has 2 aliphatic heterocycles. The number of carbonyl (C=O) groups excluding carboxylic acids is 1. The molecule has 2 aromatic rings. The van der Waals surface area contributed by atoms with Crippen molar-refractivity contribution in [3.05, 3.63) is 42.7 Å². The minimum absolute atomic E-state index is 0.0690. The summed E-state index contributed by atoms with van der Waals surface area (Å²) in [5, 5.41) is 3.99. The van der Waals surface area contributed by atoms with E-state index in [0.29, 0.717) is 6.54 Å². The first-order chi connectivity index (χ1) is 13.8. The number of ether oxygens (including phenoxy) is 1. The molecule has 0 aliphatic carbocycles. The first-order valence-electron chi connectivity index (χ1n) is 9.98. The van der Waals surface area contributed by atoms with Gasteiger partial charge in [-0.1, -0.05) is 30.0 Å². The molecular formula is C21H26N4O2S. The van der Waals surface area contributed by atoms with Crippen LogP contribution in [0, 0.1) is 5.92 Å². The Labute approximate surface area is 170 Å². The number of benzene rings is 1. The third-order valence-electron chi connectivity index (χ3n) is 5.30. The van der Waals surface area contributed by atoms with Crippen LogP contribution in [0.1, 0.15) is 25.7 Å². The van der Waals surface area contributed by atoms with Crippen LogP contribution in [0.3, 0.4) is 0 Å². The van der Waals surface area contributed by atoms with Gasteiger partial charge in [-0.05, 0) is 37.8 Å². The molecule has 0 bridgehead atoms. The number of carbonyl (C=O) groups is 1. The molecule has 0 spiro atoms. The van der Waals surface area contributed by atoms with Crippen LogP contribution < -0.4 is 10.2 Å². The van der Waals surface area contributed by atoms with Crippen molar-refractivity contribution < 1.29 is 9.53 Å². The number of amides is 1. The van der Waals surface area contributed by atoms with E-state index in [1.807, 2.05) is 18.2 Å². The van der Waals surface area contributed by atoms with Crippen LogP contribution >= 0.6 is 11.8 Å². The molecule has 2 aliphatic rings. The van der Waals surface area contributed by atoms with Crippen molar-refractivity contribution in [2.75, 3.05) is 31.1 Å². The van der Waals surface area contributed by atoms with Crippen molar-refractivity contribution in [3.8, 4) is 0 Å². The van der Waals surface area contributed by atoms with Crippen molar-refractivity contribution >= 4 is 23.5 Å². The third-order valence-corrected chi connectivity index (χ3v) is 6.29. The van der Waals surface area contributed by atoms with Gasteiger partial charge in [0.15, 0.2) is 5.82 Å². The normalized spacial score (nSPS) is 20.3. The number of nitrogens with zero attached hydrogens (tertiary/aromatic N) is 3. The summed E-state index contributed by atoms with van der Waals surface area (Å²) in [6.07, 6.45) is 7.49. The second kappa shape index (κ2) is 9.39. The summed E-state index contributed by atoms with van der Waals surface area (Å²) in [5.74, 6) is 1.14. The Bertz CT molecular complexity index is 775. The summed E-state index contributed by atoms with van der Waals surface area (Å²) >= 11 is 1.63. The largest absolute Gasteiger partial charge is 0.376 e. The zero-order chi connectivity index (χ0) is 19.2. The van der Waals surface area contributed by atoms with E-state index in [-0.39, 0.29) is 17.9 Å². The Morgan fingerprint density at radius 2 is 1.93 bits per heavy atom. The smallest absolute Gasteiger partial charge is 0.223 e. The monoisotopic (exact) mass is 398 g/mol. The van der Waals surface area contributed by atoms with E-state index < -0.39 is 0 Å². The fourth-order valence-electron chi connectivity index (χ4n) is 3.72. The molecule has 1 atom stereocenters. The Kier molecular flexibility index (Phi) is 6.44. The molecule has 3 heterocycles. The lowest BCUT2D eigenvalue weighted by atomic mass is 9.96. The average Bonchev–Trinajstić information content (AvgIpc) is 3.27. The van der Waals surface area contributed by atoms with Gasteiger partial charge in [-0.15, -0.1) is 0 Å². The number of aromatic nitrogens is 2. The number of hydrogen-bond acceptors (Lipinski definition) is 6. The van der Waals surface area contributed by atoms with Gasteiger partial charge in [-0.25, -0.2) is 9.97 Å². The molecule has 1 aromatic carbocycles. The van der Waals surface area contributed by atoms with Crippen LogP contribution in [-0.4, -0.2) is 48.2 Å². The van der Waals surface area contributed by atoms with Gasteiger partial charge in [-0.2, -0.15) is 0 Å². The fraction of sp³-hybridized carbons (Fsp3) is 0.476. The quantitative estimate of drug-likeness (QED) is 0.806. The number of piperidine rings is 1. The SMILES string of the molecule is O=C(NC[C@@H]1CCCO1)C1CCN(c2nccnc2Sc2ccccc2)CC1. The van der Waals surface area contributed by atoms with E-state index in [9.17, 15) is 4.79 Å². The van der Waals surface area contributed by atoms with E-state index in [0.717, 1.165) is 61.1 Å². The van der Waals surface area contributed by atoms with E-state index in [4.69, 9.17) is 4.74 Å².